The highest BCUT2D eigenvalue weighted by Gasteiger charge is 1.63. The van der Waals surface area contributed by atoms with Gasteiger partial charge in [0, 0.05) is 14.2 Å². The number of rotatable bonds is 2. The lowest BCUT2D eigenvalue weighted by Gasteiger charge is -1.87. The van der Waals surface area contributed by atoms with Gasteiger partial charge in [-0.15, -0.1) is 0 Å². The third-order valence-electron chi connectivity index (χ3n) is 0.236. The first-order valence-corrected chi connectivity index (χ1v) is 1.39. The van der Waals surface area contributed by atoms with Crippen LogP contribution < -0.4 is 6.15 Å². The van der Waals surface area contributed by atoms with Gasteiger partial charge in [-0.25, -0.2) is 0 Å². The van der Waals surface area contributed by atoms with E-state index in [9.17, 15) is 0 Å². The molecule has 3 nitrogen and oxygen atoms in total. The Kier molecular flexibility index (Phi) is 13.7. The average Bonchev–Trinajstić information content (AvgIpc) is 1.41. The maximum atomic E-state index is 4.47. The summed E-state index contributed by atoms with van der Waals surface area (Å²) in [5.74, 6) is 0. The monoisotopic (exact) mass is 93.1 g/mol. The first-order valence-electron chi connectivity index (χ1n) is 1.39. The van der Waals surface area contributed by atoms with Crippen LogP contribution in [0.15, 0.2) is 0 Å². The molecule has 0 aliphatic heterocycles. The molecule has 3 heteroatoms. The van der Waals surface area contributed by atoms with Crippen molar-refractivity contribution in [3.8, 4) is 0 Å². The molecule has 0 aromatic heterocycles. The zero-order valence-electron chi connectivity index (χ0n) is 4.23. The highest BCUT2D eigenvalue weighted by atomic mass is 16.6. The van der Waals surface area contributed by atoms with Gasteiger partial charge in [0.15, 0.2) is 0 Å². The van der Waals surface area contributed by atoms with Gasteiger partial charge in [-0.2, -0.15) is 0 Å². The molecule has 0 fully saturated rings. The predicted molar refractivity (Wildman–Crippen MR) is 23.9 cm³/mol. The Hall–Kier alpha value is -0.120. The molecule has 0 atom stereocenters. The molecule has 0 saturated carbocycles. The lowest BCUT2D eigenvalue weighted by molar-refractivity contribution is -0.00271. The zero-order chi connectivity index (χ0) is 4.12. The molecule has 0 rings (SSSR count). The highest BCUT2D eigenvalue weighted by molar-refractivity contribution is 3.84. The van der Waals surface area contributed by atoms with Gasteiger partial charge >= 0.3 is 0 Å². The largest absolute Gasteiger partial charge is 0.359 e. The molecule has 0 amide bonds. The highest BCUT2D eigenvalue weighted by Crippen LogP contribution is 1.60. The molecule has 3 N–H and O–H groups in total. The Morgan fingerprint density at radius 2 is 1.50 bits per heavy atom. The van der Waals surface area contributed by atoms with E-state index in [1.165, 1.54) is 0 Å². The van der Waals surface area contributed by atoms with Crippen LogP contribution in [0.3, 0.4) is 0 Å². The van der Waals surface area contributed by atoms with Crippen LogP contribution >= 0.6 is 0 Å². The van der Waals surface area contributed by atoms with Crippen LogP contribution in [0, 0.1) is 0 Å². The molecular formula is C3H11NO2. The van der Waals surface area contributed by atoms with Crippen molar-refractivity contribution in [1.82, 2.24) is 6.15 Å². The van der Waals surface area contributed by atoms with E-state index >= 15 is 0 Å². The minimum Gasteiger partial charge on any atom is -0.359 e. The average molecular weight is 93.1 g/mol. The standard InChI is InChI=1S/C3H8O2.H3N/c1-4-3-5-2;/h3H2,1-2H3;1H3. The second-order valence-electron chi connectivity index (χ2n) is 0.695. The second-order valence-corrected chi connectivity index (χ2v) is 0.695. The van der Waals surface area contributed by atoms with Crippen LogP contribution in [0.25, 0.3) is 0 Å². The van der Waals surface area contributed by atoms with Crippen molar-refractivity contribution < 1.29 is 9.47 Å². The van der Waals surface area contributed by atoms with Crippen molar-refractivity contribution in [3.05, 3.63) is 0 Å². The smallest absolute Gasteiger partial charge is 0.145 e. The van der Waals surface area contributed by atoms with E-state index < -0.39 is 0 Å². The summed E-state index contributed by atoms with van der Waals surface area (Å²) in [5, 5.41) is 0. The lowest BCUT2D eigenvalue weighted by Crippen LogP contribution is -1.87. The molecule has 0 unspecified atom stereocenters. The van der Waals surface area contributed by atoms with Crippen molar-refractivity contribution >= 4 is 0 Å². The molecular weight excluding hydrogens is 82.0 g/mol. The molecule has 0 aliphatic rings. The summed E-state index contributed by atoms with van der Waals surface area (Å²) in [6, 6.07) is 0. The van der Waals surface area contributed by atoms with Crippen LogP contribution in [-0.4, -0.2) is 21.0 Å². The van der Waals surface area contributed by atoms with E-state index in [-0.39, 0.29) is 6.15 Å². The van der Waals surface area contributed by atoms with E-state index in [1.54, 1.807) is 14.2 Å². The molecule has 0 aromatic rings. The van der Waals surface area contributed by atoms with Crippen LogP contribution in [0.2, 0.25) is 0 Å². The third-order valence-corrected chi connectivity index (χ3v) is 0.236. The second kappa shape index (κ2) is 8.86. The molecule has 0 radical (unpaired) electrons. The molecule has 6 heavy (non-hydrogen) atoms. The summed E-state index contributed by atoms with van der Waals surface area (Å²) >= 11 is 0. The SMILES string of the molecule is COCOC.N. The number of ether oxygens (including phenoxy) is 2. The minimum atomic E-state index is 0. The lowest BCUT2D eigenvalue weighted by atomic mass is 11.4. The van der Waals surface area contributed by atoms with Crippen LogP contribution in [0.5, 0.6) is 0 Å². The van der Waals surface area contributed by atoms with Gasteiger partial charge in [-0.3, -0.25) is 0 Å². The van der Waals surface area contributed by atoms with Gasteiger partial charge < -0.3 is 15.6 Å². The fraction of sp³-hybridized carbons (Fsp3) is 1.00. The fourth-order valence-electron chi connectivity index (χ4n) is 0.118. The van der Waals surface area contributed by atoms with E-state index in [4.69, 9.17) is 0 Å². The van der Waals surface area contributed by atoms with Crippen molar-refractivity contribution in [3.63, 3.8) is 0 Å². The van der Waals surface area contributed by atoms with E-state index in [0.717, 1.165) is 0 Å². The Balaban J connectivity index is 0. The van der Waals surface area contributed by atoms with Gasteiger partial charge in [0.2, 0.25) is 0 Å². The summed E-state index contributed by atoms with van der Waals surface area (Å²) in [4.78, 5) is 0. The van der Waals surface area contributed by atoms with Gasteiger partial charge in [0.05, 0.1) is 0 Å². The molecule has 0 aliphatic carbocycles. The maximum Gasteiger partial charge on any atom is 0.145 e. The predicted octanol–water partition coefficient (Wildman–Crippen LogP) is 0.399. The van der Waals surface area contributed by atoms with Gasteiger partial charge in [-0.1, -0.05) is 0 Å². The molecule has 0 bridgehead atoms. The van der Waals surface area contributed by atoms with Crippen molar-refractivity contribution in [2.45, 2.75) is 0 Å². The topological polar surface area (TPSA) is 53.5 Å². The quantitative estimate of drug-likeness (QED) is 0.503. The molecule has 0 saturated heterocycles. The zero-order valence-corrected chi connectivity index (χ0v) is 4.23. The van der Waals surface area contributed by atoms with E-state index in [2.05, 4.69) is 9.47 Å². The van der Waals surface area contributed by atoms with Gasteiger partial charge in [0.1, 0.15) is 6.79 Å². The van der Waals surface area contributed by atoms with Crippen LogP contribution in [-0.2, 0) is 9.47 Å². The number of hydrogen-bond donors (Lipinski definition) is 1. The number of methoxy groups -OCH3 is 2. The van der Waals surface area contributed by atoms with Crippen molar-refractivity contribution in [2.24, 2.45) is 0 Å². The van der Waals surface area contributed by atoms with Gasteiger partial charge in [-0.05, 0) is 0 Å². The molecule has 0 heterocycles. The van der Waals surface area contributed by atoms with E-state index in [1.807, 2.05) is 0 Å². The summed E-state index contributed by atoms with van der Waals surface area (Å²) in [5.41, 5.74) is 0. The van der Waals surface area contributed by atoms with E-state index in [0.29, 0.717) is 6.79 Å². The summed E-state index contributed by atoms with van der Waals surface area (Å²) in [6.07, 6.45) is 0. The Morgan fingerprint density at radius 3 is 1.50 bits per heavy atom. The summed E-state index contributed by atoms with van der Waals surface area (Å²) in [6.45, 7) is 0.389. The summed E-state index contributed by atoms with van der Waals surface area (Å²) in [7, 11) is 3.17. The third kappa shape index (κ3) is 9.11. The maximum absolute atomic E-state index is 4.47. The van der Waals surface area contributed by atoms with Crippen molar-refractivity contribution in [1.29, 1.82) is 0 Å². The summed E-state index contributed by atoms with van der Waals surface area (Å²) < 4.78 is 8.94. The van der Waals surface area contributed by atoms with Crippen LogP contribution in [0.4, 0.5) is 0 Å². The first kappa shape index (κ1) is 9.30. The first-order chi connectivity index (χ1) is 2.41. The molecule has 0 aromatic carbocycles. The van der Waals surface area contributed by atoms with Gasteiger partial charge in [0.25, 0.3) is 0 Å². The minimum absolute atomic E-state index is 0. The Labute approximate surface area is 37.8 Å². The fourth-order valence-corrected chi connectivity index (χ4v) is 0.118. The molecule has 0 spiro atoms. The Bertz CT molecular complexity index is 16.3. The molecule has 40 valence electrons. The Morgan fingerprint density at radius 1 is 1.17 bits per heavy atom. The number of hydrogen-bond acceptors (Lipinski definition) is 3. The van der Waals surface area contributed by atoms with Crippen molar-refractivity contribution in [2.75, 3.05) is 21.0 Å². The van der Waals surface area contributed by atoms with Crippen LogP contribution in [0.1, 0.15) is 0 Å². The normalized spacial score (nSPS) is 7.00.